The number of fused-ring (bicyclic) bond motifs is 1. The van der Waals surface area contributed by atoms with Crippen molar-refractivity contribution < 1.29 is 19.5 Å². The molecule has 6 atom stereocenters. The Labute approximate surface area is 186 Å². The van der Waals surface area contributed by atoms with Gasteiger partial charge in [-0.3, -0.25) is 14.4 Å². The fraction of sp³-hybridized carbons (Fsp3) is 0.526. The number of thioether (sulfide) groups is 1. The molecule has 10 heteroatoms. The number of carbonyl (C=O) groups is 3. The third-order valence-electron chi connectivity index (χ3n) is 6.04. The van der Waals surface area contributed by atoms with Crippen LogP contribution in [0.5, 0.6) is 0 Å². The van der Waals surface area contributed by atoms with Gasteiger partial charge in [0.1, 0.15) is 6.04 Å². The van der Waals surface area contributed by atoms with Gasteiger partial charge in [-0.1, -0.05) is 27.5 Å². The lowest BCUT2D eigenvalue weighted by Gasteiger charge is -2.35. The summed E-state index contributed by atoms with van der Waals surface area (Å²) in [6.07, 6.45) is 0.604. The zero-order chi connectivity index (χ0) is 20.9. The Morgan fingerprint density at radius 1 is 1.34 bits per heavy atom. The van der Waals surface area contributed by atoms with E-state index < -0.39 is 22.6 Å². The van der Waals surface area contributed by atoms with Crippen molar-refractivity contribution in [1.82, 2.24) is 10.2 Å². The number of halogens is 2. The highest BCUT2D eigenvalue weighted by Crippen LogP contribution is 2.67. The van der Waals surface area contributed by atoms with E-state index in [1.165, 1.54) is 4.90 Å². The third-order valence-corrected chi connectivity index (χ3v) is 9.51. The molecule has 3 N–H and O–H groups in total. The first-order chi connectivity index (χ1) is 13.8. The fourth-order valence-corrected chi connectivity index (χ4v) is 8.73. The molecule has 3 saturated heterocycles. The number of aliphatic hydroxyl groups excluding tert-OH is 1. The van der Waals surface area contributed by atoms with Gasteiger partial charge < -0.3 is 20.6 Å². The van der Waals surface area contributed by atoms with Crippen LogP contribution < -0.4 is 10.6 Å². The van der Waals surface area contributed by atoms with Crippen LogP contribution >= 0.6 is 39.3 Å². The summed E-state index contributed by atoms with van der Waals surface area (Å²) >= 11 is 11.1. The van der Waals surface area contributed by atoms with Crippen LogP contribution in [-0.2, 0) is 14.4 Å². The predicted molar refractivity (Wildman–Crippen MR) is 115 cm³/mol. The van der Waals surface area contributed by atoms with E-state index in [0.29, 0.717) is 17.1 Å². The molecule has 3 aliphatic rings. The molecular formula is C19H21BrClN3O4S. The molecule has 2 bridgehead atoms. The van der Waals surface area contributed by atoms with Crippen molar-refractivity contribution in [2.75, 3.05) is 25.5 Å². The second-order valence-electron chi connectivity index (χ2n) is 7.53. The molecule has 0 aliphatic carbocycles. The van der Waals surface area contributed by atoms with Gasteiger partial charge in [0.25, 0.3) is 0 Å². The lowest BCUT2D eigenvalue weighted by molar-refractivity contribution is -0.139. The van der Waals surface area contributed by atoms with Crippen molar-refractivity contribution >= 4 is 62.7 Å². The van der Waals surface area contributed by atoms with E-state index in [0.717, 1.165) is 0 Å². The first-order valence-electron chi connectivity index (χ1n) is 9.35. The van der Waals surface area contributed by atoms with Crippen LogP contribution in [0.1, 0.15) is 6.42 Å². The lowest BCUT2D eigenvalue weighted by atomic mass is 9.70. The molecule has 156 valence electrons. The van der Waals surface area contributed by atoms with Crippen LogP contribution in [0, 0.1) is 11.8 Å². The van der Waals surface area contributed by atoms with E-state index in [1.54, 1.807) is 43.1 Å². The Bertz CT molecular complexity index is 856. The second-order valence-corrected chi connectivity index (χ2v) is 10.7. The molecule has 3 unspecified atom stereocenters. The van der Waals surface area contributed by atoms with Crippen LogP contribution in [0.25, 0.3) is 0 Å². The van der Waals surface area contributed by atoms with Gasteiger partial charge in [-0.15, -0.1) is 11.8 Å². The number of aliphatic hydroxyl groups is 1. The van der Waals surface area contributed by atoms with Crippen LogP contribution in [0.3, 0.4) is 0 Å². The molecular weight excluding hydrogens is 482 g/mol. The summed E-state index contributed by atoms with van der Waals surface area (Å²) < 4.78 is -0.710. The molecule has 7 nitrogen and oxygen atoms in total. The fourth-order valence-electron chi connectivity index (χ4n) is 4.99. The molecule has 1 aromatic carbocycles. The summed E-state index contributed by atoms with van der Waals surface area (Å²) in [4.78, 5) is 40.8. The normalized spacial score (nSPS) is 35.0. The molecule has 0 radical (unpaired) electrons. The number of likely N-dealkylation sites (tertiary alicyclic amines) is 1. The topological polar surface area (TPSA) is 98.7 Å². The van der Waals surface area contributed by atoms with Gasteiger partial charge in [-0.25, -0.2) is 0 Å². The van der Waals surface area contributed by atoms with E-state index in [1.807, 2.05) is 0 Å². The van der Waals surface area contributed by atoms with Crippen LogP contribution in [0.2, 0.25) is 5.02 Å². The van der Waals surface area contributed by atoms with E-state index in [4.69, 9.17) is 11.6 Å². The number of nitrogens with zero attached hydrogens (tertiary/aromatic N) is 1. The highest BCUT2D eigenvalue weighted by Gasteiger charge is 2.75. The number of benzene rings is 1. The summed E-state index contributed by atoms with van der Waals surface area (Å²) in [6.45, 7) is -0.204. The van der Waals surface area contributed by atoms with E-state index in [9.17, 15) is 19.5 Å². The Kier molecular flexibility index (Phi) is 5.61. The Morgan fingerprint density at radius 2 is 2.03 bits per heavy atom. The van der Waals surface area contributed by atoms with E-state index >= 15 is 0 Å². The number of nitrogens with one attached hydrogen (secondary N) is 2. The monoisotopic (exact) mass is 501 g/mol. The number of anilines is 1. The van der Waals surface area contributed by atoms with Crippen molar-refractivity contribution in [2.45, 2.75) is 27.3 Å². The molecule has 4 rings (SSSR count). The molecule has 29 heavy (non-hydrogen) atoms. The number of alkyl halides is 1. The summed E-state index contributed by atoms with van der Waals surface area (Å²) in [5.41, 5.74) is 0.575. The maximum atomic E-state index is 13.4. The summed E-state index contributed by atoms with van der Waals surface area (Å²) in [7, 11) is 1.56. The third kappa shape index (κ3) is 3.17. The average molecular weight is 503 g/mol. The minimum atomic E-state index is -0.771. The van der Waals surface area contributed by atoms with Gasteiger partial charge in [0.15, 0.2) is 0 Å². The number of β-amino-alcohol motifs (C(OH)–C–C–N with tert-alkyl or cyclic N) is 1. The van der Waals surface area contributed by atoms with Crippen molar-refractivity contribution in [2.24, 2.45) is 11.8 Å². The molecule has 3 fully saturated rings. The average Bonchev–Trinajstić information content (AvgIpc) is 3.27. The summed E-state index contributed by atoms with van der Waals surface area (Å²) in [5.74, 6) is -1.83. The molecule has 0 saturated carbocycles. The van der Waals surface area contributed by atoms with Crippen LogP contribution in [-0.4, -0.2) is 68.8 Å². The molecule has 1 spiro atoms. The number of carbonyl (C=O) groups excluding carboxylic acids is 3. The maximum Gasteiger partial charge on any atom is 0.248 e. The van der Waals surface area contributed by atoms with Crippen molar-refractivity contribution in [1.29, 1.82) is 0 Å². The quantitative estimate of drug-likeness (QED) is 0.530. The first-order valence-corrected chi connectivity index (χ1v) is 11.5. The number of rotatable bonds is 5. The van der Waals surface area contributed by atoms with Crippen molar-refractivity contribution in [3.05, 3.63) is 29.3 Å². The van der Waals surface area contributed by atoms with Gasteiger partial charge in [0, 0.05) is 34.4 Å². The molecule has 3 aliphatic heterocycles. The van der Waals surface area contributed by atoms with Gasteiger partial charge in [-0.05, 0) is 30.7 Å². The second kappa shape index (κ2) is 7.76. The largest absolute Gasteiger partial charge is 0.395 e. The van der Waals surface area contributed by atoms with Crippen molar-refractivity contribution in [3.63, 3.8) is 0 Å². The maximum absolute atomic E-state index is 13.4. The van der Waals surface area contributed by atoms with Crippen molar-refractivity contribution in [3.8, 4) is 0 Å². The van der Waals surface area contributed by atoms with Gasteiger partial charge >= 0.3 is 0 Å². The SMILES string of the molecule is CNC(=O)[C@H]1[C@@H]2SC3(CC2Br)C(C(=O)Nc2ccc(Cl)cc2)N(CCO)C(=O)[C@H]13. The highest BCUT2D eigenvalue weighted by molar-refractivity contribution is 9.09. The molecule has 3 amide bonds. The lowest BCUT2D eigenvalue weighted by Crippen LogP contribution is -2.53. The smallest absolute Gasteiger partial charge is 0.248 e. The Balaban J connectivity index is 1.71. The number of hydrogen-bond donors (Lipinski definition) is 3. The first kappa shape index (κ1) is 21.0. The zero-order valence-electron chi connectivity index (χ0n) is 15.6. The molecule has 3 heterocycles. The standard InChI is InChI=1S/C19H21BrClN3O4S/c1-22-16(26)12-13-18(28)24(6-7-25)15(19(13)8-11(20)14(12)29-19)17(27)23-10-4-2-9(21)3-5-10/h2-5,11-15,25H,6-8H2,1H3,(H,22,26)(H,23,27)/t11?,12-,13+,14-,15?,19?/m1/s1. The number of amides is 3. The summed E-state index contributed by atoms with van der Waals surface area (Å²) in [5, 5.41) is 15.6. The Morgan fingerprint density at radius 3 is 2.66 bits per heavy atom. The minimum Gasteiger partial charge on any atom is -0.395 e. The number of hydrogen-bond acceptors (Lipinski definition) is 5. The Hall–Kier alpha value is -1.29. The summed E-state index contributed by atoms with van der Waals surface area (Å²) in [6, 6.07) is 5.98. The van der Waals surface area contributed by atoms with E-state index in [-0.39, 0.29) is 41.0 Å². The zero-order valence-corrected chi connectivity index (χ0v) is 18.8. The van der Waals surface area contributed by atoms with Crippen LogP contribution in [0.15, 0.2) is 24.3 Å². The van der Waals surface area contributed by atoms with E-state index in [2.05, 4.69) is 26.6 Å². The van der Waals surface area contributed by atoms with Gasteiger partial charge in [-0.2, -0.15) is 0 Å². The van der Waals surface area contributed by atoms with Crippen LogP contribution in [0.4, 0.5) is 5.69 Å². The molecule has 0 aromatic heterocycles. The van der Waals surface area contributed by atoms with Gasteiger partial charge in [0.05, 0.1) is 23.2 Å². The minimum absolute atomic E-state index is 0.0266. The van der Waals surface area contributed by atoms with Gasteiger partial charge in [0.2, 0.25) is 17.7 Å². The predicted octanol–water partition coefficient (Wildman–Crippen LogP) is 1.48. The highest BCUT2D eigenvalue weighted by atomic mass is 79.9. The molecule has 1 aromatic rings.